The van der Waals surface area contributed by atoms with E-state index in [1.165, 1.54) is 38.8 Å². The Morgan fingerprint density at radius 3 is 2.56 bits per heavy atom. The van der Waals surface area contributed by atoms with Gasteiger partial charge in [-0.05, 0) is 76.9 Å². The van der Waals surface area contributed by atoms with E-state index in [0.29, 0.717) is 24.4 Å². The summed E-state index contributed by atoms with van der Waals surface area (Å²) >= 11 is 1.64. The summed E-state index contributed by atoms with van der Waals surface area (Å²) in [6.45, 7) is 9.27. The Bertz CT molecular complexity index is 1260. The van der Waals surface area contributed by atoms with Gasteiger partial charge in [0.15, 0.2) is 0 Å². The molecule has 3 aliphatic heterocycles. The molecule has 0 saturated carbocycles. The van der Waals surface area contributed by atoms with Crippen molar-refractivity contribution >= 4 is 33.3 Å². The summed E-state index contributed by atoms with van der Waals surface area (Å²) < 4.78 is 6.19. The lowest BCUT2D eigenvalue weighted by Crippen LogP contribution is -2.44. The molecule has 39 heavy (non-hydrogen) atoms. The quantitative estimate of drug-likeness (QED) is 0.348. The maximum atomic E-state index is 12.8. The molecule has 8 heteroatoms. The van der Waals surface area contributed by atoms with Gasteiger partial charge in [-0.2, -0.15) is 0 Å². The molecular formula is C31H41N5O2S. The Hall–Kier alpha value is -2.55. The first kappa shape index (κ1) is 26.7. The van der Waals surface area contributed by atoms with Gasteiger partial charge in [-0.15, -0.1) is 11.3 Å². The smallest absolute Gasteiger partial charge is 0.225 e. The summed E-state index contributed by atoms with van der Waals surface area (Å²) in [6, 6.07) is 11.5. The Labute approximate surface area is 236 Å². The third kappa shape index (κ3) is 5.83. The molecule has 1 N–H and O–H groups in total. The molecule has 2 unspecified atom stereocenters. The van der Waals surface area contributed by atoms with Crippen LogP contribution in [0.5, 0.6) is 0 Å². The molecule has 3 aromatic rings. The van der Waals surface area contributed by atoms with E-state index < -0.39 is 0 Å². The second-order valence-corrected chi connectivity index (χ2v) is 12.9. The number of carbonyl (C=O) groups excluding carboxylic acids is 1. The number of amides is 1. The van der Waals surface area contributed by atoms with Crippen molar-refractivity contribution in [3.05, 3.63) is 41.5 Å². The Morgan fingerprint density at radius 1 is 1.10 bits per heavy atom. The first-order chi connectivity index (χ1) is 19.1. The van der Waals surface area contributed by atoms with E-state index in [-0.39, 0.29) is 11.9 Å². The first-order valence-corrected chi connectivity index (χ1v) is 15.6. The van der Waals surface area contributed by atoms with Crippen LogP contribution in [0.4, 0.5) is 5.82 Å². The Balaban J connectivity index is 1.25. The number of nitrogens with zero attached hydrogens (tertiary/aromatic N) is 4. The largest absolute Gasteiger partial charge is 0.380 e. The molecular weight excluding hydrogens is 506 g/mol. The standard InChI is InChI=1S/C31H41N5O2S/c1-21(2)34-27(37)18-26-28(23-8-4-3-5-9-23)29-30(32-20-33-31(29)39-26)36-24-10-11-25(36)17-22(16-24)19-38-15-14-35-12-6-7-13-35/h3-5,8-9,20-22,24-25H,6-7,10-19H2,1-2H3,(H,34,37). The van der Waals surface area contributed by atoms with Gasteiger partial charge < -0.3 is 19.9 Å². The number of carbonyl (C=O) groups is 1. The monoisotopic (exact) mass is 547 g/mol. The Morgan fingerprint density at radius 2 is 1.85 bits per heavy atom. The second-order valence-electron chi connectivity index (χ2n) is 11.8. The summed E-state index contributed by atoms with van der Waals surface area (Å²) in [5.41, 5.74) is 2.25. The van der Waals surface area contributed by atoms with E-state index in [1.54, 1.807) is 17.7 Å². The van der Waals surface area contributed by atoms with Crippen LogP contribution >= 0.6 is 11.3 Å². The van der Waals surface area contributed by atoms with Gasteiger partial charge in [0, 0.05) is 41.7 Å². The molecule has 1 aromatic carbocycles. The molecule has 7 nitrogen and oxygen atoms in total. The average Bonchev–Trinajstić information content (AvgIpc) is 3.63. The average molecular weight is 548 g/mol. The first-order valence-electron chi connectivity index (χ1n) is 14.8. The lowest BCUT2D eigenvalue weighted by molar-refractivity contribution is -0.120. The minimum Gasteiger partial charge on any atom is -0.380 e. The van der Waals surface area contributed by atoms with Crippen molar-refractivity contribution in [1.29, 1.82) is 0 Å². The van der Waals surface area contributed by atoms with E-state index in [2.05, 4.69) is 39.4 Å². The van der Waals surface area contributed by atoms with E-state index >= 15 is 0 Å². The minimum atomic E-state index is 0.0499. The number of likely N-dealkylation sites (tertiary alicyclic amines) is 1. The van der Waals surface area contributed by atoms with Gasteiger partial charge in [0.05, 0.1) is 18.4 Å². The molecule has 208 valence electrons. The second kappa shape index (κ2) is 11.9. The molecule has 0 radical (unpaired) electrons. The summed E-state index contributed by atoms with van der Waals surface area (Å²) in [6.07, 6.45) is 9.45. The minimum absolute atomic E-state index is 0.0499. The van der Waals surface area contributed by atoms with Crippen LogP contribution in [0.15, 0.2) is 36.7 Å². The lowest BCUT2D eigenvalue weighted by Gasteiger charge is -2.40. The van der Waals surface area contributed by atoms with Crippen molar-refractivity contribution in [3.63, 3.8) is 0 Å². The number of anilines is 1. The van der Waals surface area contributed by atoms with Gasteiger partial charge in [-0.3, -0.25) is 4.79 Å². The van der Waals surface area contributed by atoms with Gasteiger partial charge in [0.25, 0.3) is 0 Å². The molecule has 0 aliphatic carbocycles. The normalized spacial score (nSPS) is 23.3. The molecule has 2 atom stereocenters. The summed E-state index contributed by atoms with van der Waals surface area (Å²) in [5.74, 6) is 1.71. The van der Waals surface area contributed by atoms with Gasteiger partial charge in [0.2, 0.25) is 5.91 Å². The van der Waals surface area contributed by atoms with Crippen LogP contribution in [0, 0.1) is 5.92 Å². The van der Waals surface area contributed by atoms with Gasteiger partial charge in [-0.25, -0.2) is 9.97 Å². The fourth-order valence-corrected chi connectivity index (χ4v) is 8.09. The number of piperidine rings is 1. The van der Waals surface area contributed by atoms with Crippen molar-refractivity contribution in [2.75, 3.05) is 37.7 Å². The molecule has 3 saturated heterocycles. The number of hydrogen-bond acceptors (Lipinski definition) is 7. The van der Waals surface area contributed by atoms with E-state index in [1.807, 2.05) is 19.9 Å². The number of ether oxygens (including phenoxy) is 1. The van der Waals surface area contributed by atoms with Crippen LogP contribution in [-0.2, 0) is 16.0 Å². The van der Waals surface area contributed by atoms with Crippen LogP contribution in [0.2, 0.25) is 0 Å². The summed E-state index contributed by atoms with van der Waals surface area (Å²) in [7, 11) is 0. The fourth-order valence-electron chi connectivity index (χ4n) is 6.93. The van der Waals surface area contributed by atoms with Crippen molar-refractivity contribution in [2.24, 2.45) is 5.92 Å². The van der Waals surface area contributed by atoms with Gasteiger partial charge in [0.1, 0.15) is 17.0 Å². The zero-order chi connectivity index (χ0) is 26.8. The molecule has 5 heterocycles. The maximum Gasteiger partial charge on any atom is 0.225 e. The van der Waals surface area contributed by atoms with Crippen LogP contribution in [0.25, 0.3) is 21.3 Å². The molecule has 1 amide bonds. The fraction of sp³-hybridized carbons (Fsp3) is 0.581. The van der Waals surface area contributed by atoms with E-state index in [0.717, 1.165) is 64.6 Å². The number of fused-ring (bicyclic) bond motifs is 3. The highest BCUT2D eigenvalue weighted by molar-refractivity contribution is 7.19. The third-order valence-corrected chi connectivity index (χ3v) is 9.65. The van der Waals surface area contributed by atoms with Crippen LogP contribution < -0.4 is 10.2 Å². The number of hydrogen-bond donors (Lipinski definition) is 1. The molecule has 0 spiro atoms. The number of rotatable bonds is 10. The lowest BCUT2D eigenvalue weighted by atomic mass is 9.91. The van der Waals surface area contributed by atoms with E-state index in [4.69, 9.17) is 14.7 Å². The highest BCUT2D eigenvalue weighted by Crippen LogP contribution is 2.47. The van der Waals surface area contributed by atoms with Gasteiger partial charge in [-0.1, -0.05) is 30.3 Å². The predicted molar refractivity (Wildman–Crippen MR) is 158 cm³/mol. The SMILES string of the molecule is CC(C)NC(=O)Cc1sc2ncnc(N3C4CCC3CC(COCCN3CCCC3)C4)c2c1-c1ccccc1. The topological polar surface area (TPSA) is 70.6 Å². The molecule has 3 fully saturated rings. The van der Waals surface area contributed by atoms with E-state index in [9.17, 15) is 4.79 Å². The zero-order valence-corrected chi connectivity index (χ0v) is 24.1. The highest BCUT2D eigenvalue weighted by atomic mass is 32.1. The van der Waals surface area contributed by atoms with Crippen LogP contribution in [0.1, 0.15) is 57.2 Å². The van der Waals surface area contributed by atoms with Crippen molar-refractivity contribution < 1.29 is 9.53 Å². The van der Waals surface area contributed by atoms with Crippen LogP contribution in [-0.4, -0.2) is 71.7 Å². The molecule has 6 rings (SSSR count). The number of thiophene rings is 1. The van der Waals surface area contributed by atoms with Crippen LogP contribution in [0.3, 0.4) is 0 Å². The van der Waals surface area contributed by atoms with Crippen molar-refractivity contribution in [1.82, 2.24) is 20.2 Å². The zero-order valence-electron chi connectivity index (χ0n) is 23.3. The third-order valence-electron chi connectivity index (χ3n) is 8.55. The molecule has 2 bridgehead atoms. The summed E-state index contributed by atoms with van der Waals surface area (Å²) in [4.78, 5) is 29.6. The molecule has 2 aromatic heterocycles. The highest BCUT2D eigenvalue weighted by Gasteiger charge is 2.42. The van der Waals surface area contributed by atoms with Crippen molar-refractivity contribution in [3.8, 4) is 11.1 Å². The number of benzene rings is 1. The number of aromatic nitrogens is 2. The van der Waals surface area contributed by atoms with Crippen molar-refractivity contribution in [2.45, 2.75) is 76.9 Å². The maximum absolute atomic E-state index is 12.8. The predicted octanol–water partition coefficient (Wildman–Crippen LogP) is 5.29. The van der Waals surface area contributed by atoms with Gasteiger partial charge >= 0.3 is 0 Å². The number of nitrogens with one attached hydrogen (secondary N) is 1. The molecule has 3 aliphatic rings. The summed E-state index contributed by atoms with van der Waals surface area (Å²) in [5, 5.41) is 4.17. The Kier molecular flexibility index (Phi) is 8.14.